The molecule has 2 heterocycles. The zero-order valence-corrected chi connectivity index (χ0v) is 8.12. The first kappa shape index (κ1) is 8.97. The van der Waals surface area contributed by atoms with Crippen LogP contribution in [0.15, 0.2) is 0 Å². The number of rotatable bonds is 1. The van der Waals surface area contributed by atoms with Crippen LogP contribution in [0.3, 0.4) is 0 Å². The van der Waals surface area contributed by atoms with Gasteiger partial charge in [-0.05, 0) is 13.5 Å². The summed E-state index contributed by atoms with van der Waals surface area (Å²) in [5.74, 6) is 0.103. The minimum Gasteiger partial charge on any atom is -0.341 e. The van der Waals surface area contributed by atoms with E-state index in [9.17, 15) is 4.79 Å². The third kappa shape index (κ3) is 1.44. The quantitative estimate of drug-likeness (QED) is 0.573. The van der Waals surface area contributed by atoms with Crippen LogP contribution in [0.1, 0.15) is 6.42 Å². The predicted octanol–water partition coefficient (Wildman–Crippen LogP) is -0.891. The van der Waals surface area contributed by atoms with E-state index in [4.69, 9.17) is 5.73 Å². The van der Waals surface area contributed by atoms with E-state index in [-0.39, 0.29) is 12.5 Å². The average molecular weight is 183 g/mol. The molecule has 4 heteroatoms. The number of hydrogen-bond acceptors (Lipinski definition) is 3. The molecule has 0 atom stereocenters. The maximum atomic E-state index is 11.3. The highest BCUT2D eigenvalue weighted by Crippen LogP contribution is 2.38. The van der Waals surface area contributed by atoms with Crippen molar-refractivity contribution in [1.82, 2.24) is 9.80 Å². The van der Waals surface area contributed by atoms with Crippen molar-refractivity contribution in [1.29, 1.82) is 0 Å². The van der Waals surface area contributed by atoms with Crippen molar-refractivity contribution in [2.45, 2.75) is 6.42 Å². The van der Waals surface area contributed by atoms with Crippen molar-refractivity contribution >= 4 is 5.91 Å². The van der Waals surface area contributed by atoms with Crippen molar-refractivity contribution in [3.05, 3.63) is 0 Å². The molecule has 0 aliphatic carbocycles. The molecule has 2 saturated heterocycles. The van der Waals surface area contributed by atoms with Gasteiger partial charge < -0.3 is 15.5 Å². The second-order valence-corrected chi connectivity index (χ2v) is 4.44. The molecule has 13 heavy (non-hydrogen) atoms. The van der Waals surface area contributed by atoms with Gasteiger partial charge in [-0.3, -0.25) is 4.79 Å². The zero-order valence-electron chi connectivity index (χ0n) is 8.12. The largest absolute Gasteiger partial charge is 0.341 e. The Balaban J connectivity index is 1.91. The molecule has 0 aromatic carbocycles. The minimum atomic E-state index is 0.103. The van der Waals surface area contributed by atoms with Gasteiger partial charge in [0, 0.05) is 31.6 Å². The lowest BCUT2D eigenvalue weighted by Gasteiger charge is -2.46. The molecule has 0 radical (unpaired) electrons. The number of likely N-dealkylation sites (tertiary alicyclic amines) is 2. The molecule has 1 spiro atoms. The first-order valence-corrected chi connectivity index (χ1v) is 4.82. The summed E-state index contributed by atoms with van der Waals surface area (Å²) in [5, 5.41) is 0. The third-order valence-electron chi connectivity index (χ3n) is 3.18. The Bertz CT molecular complexity index is 223. The molecule has 74 valence electrons. The summed E-state index contributed by atoms with van der Waals surface area (Å²) < 4.78 is 0. The number of carbonyl (C=O) groups excluding carboxylic acids is 1. The average Bonchev–Trinajstić information content (AvgIpc) is 2.47. The molecule has 2 aliphatic rings. The Kier molecular flexibility index (Phi) is 2.04. The first-order valence-electron chi connectivity index (χ1n) is 4.82. The van der Waals surface area contributed by atoms with Gasteiger partial charge in [0.05, 0.1) is 6.54 Å². The maximum absolute atomic E-state index is 11.3. The van der Waals surface area contributed by atoms with Gasteiger partial charge in [0.1, 0.15) is 0 Å². The van der Waals surface area contributed by atoms with Gasteiger partial charge in [-0.25, -0.2) is 0 Å². The highest BCUT2D eigenvalue weighted by molar-refractivity contribution is 5.78. The van der Waals surface area contributed by atoms with Crippen LogP contribution in [0.5, 0.6) is 0 Å². The van der Waals surface area contributed by atoms with Gasteiger partial charge in [0.15, 0.2) is 0 Å². The molecule has 4 nitrogen and oxygen atoms in total. The Labute approximate surface area is 78.7 Å². The first-order chi connectivity index (χ1) is 6.15. The molecule has 0 aromatic rings. The van der Waals surface area contributed by atoms with E-state index < -0.39 is 0 Å². The van der Waals surface area contributed by atoms with Crippen molar-refractivity contribution in [3.8, 4) is 0 Å². The summed E-state index contributed by atoms with van der Waals surface area (Å²) in [7, 11) is 2.12. The molecule has 0 aromatic heterocycles. The topological polar surface area (TPSA) is 49.6 Å². The Morgan fingerprint density at radius 2 is 2.15 bits per heavy atom. The summed E-state index contributed by atoms with van der Waals surface area (Å²) in [6.07, 6.45) is 1.16. The molecule has 0 saturated carbocycles. The summed E-state index contributed by atoms with van der Waals surface area (Å²) >= 11 is 0. The SMILES string of the molecule is CN1CC2(CCN(C(=O)CN)C2)C1. The van der Waals surface area contributed by atoms with E-state index >= 15 is 0 Å². The van der Waals surface area contributed by atoms with Crippen LogP contribution in [0, 0.1) is 5.41 Å². The van der Waals surface area contributed by atoms with Crippen molar-refractivity contribution in [3.63, 3.8) is 0 Å². The summed E-state index contributed by atoms with van der Waals surface area (Å²) in [4.78, 5) is 15.5. The van der Waals surface area contributed by atoms with E-state index in [0.29, 0.717) is 5.41 Å². The molecule has 2 aliphatic heterocycles. The second-order valence-electron chi connectivity index (χ2n) is 4.44. The van der Waals surface area contributed by atoms with Crippen molar-refractivity contribution < 1.29 is 4.79 Å². The van der Waals surface area contributed by atoms with Crippen LogP contribution in [0.25, 0.3) is 0 Å². The minimum absolute atomic E-state index is 0.103. The van der Waals surface area contributed by atoms with Gasteiger partial charge in [0.25, 0.3) is 0 Å². The van der Waals surface area contributed by atoms with Gasteiger partial charge in [0.2, 0.25) is 5.91 Å². The standard InChI is InChI=1S/C9H17N3O/c1-11-5-9(6-11)2-3-12(7-9)8(13)4-10/h2-7,10H2,1H3. The Morgan fingerprint density at radius 3 is 2.69 bits per heavy atom. The summed E-state index contributed by atoms with van der Waals surface area (Å²) in [6, 6.07) is 0. The molecule has 2 fully saturated rings. The van der Waals surface area contributed by atoms with Crippen LogP contribution < -0.4 is 5.73 Å². The maximum Gasteiger partial charge on any atom is 0.236 e. The monoisotopic (exact) mass is 183 g/mol. The van der Waals surface area contributed by atoms with Crippen LogP contribution in [-0.2, 0) is 4.79 Å². The lowest BCUT2D eigenvalue weighted by Crippen LogP contribution is -2.55. The number of hydrogen-bond donors (Lipinski definition) is 1. The van der Waals surface area contributed by atoms with Gasteiger partial charge >= 0.3 is 0 Å². The van der Waals surface area contributed by atoms with Gasteiger partial charge in [-0.15, -0.1) is 0 Å². The van der Waals surface area contributed by atoms with Crippen molar-refractivity contribution in [2.24, 2.45) is 11.1 Å². The molecule has 2 rings (SSSR count). The smallest absolute Gasteiger partial charge is 0.236 e. The number of nitrogens with two attached hydrogens (primary N) is 1. The van der Waals surface area contributed by atoms with E-state index in [1.54, 1.807) is 0 Å². The number of nitrogens with zero attached hydrogens (tertiary/aromatic N) is 2. The highest BCUT2D eigenvalue weighted by atomic mass is 16.2. The molecule has 1 amide bonds. The Morgan fingerprint density at radius 1 is 1.46 bits per heavy atom. The van der Waals surface area contributed by atoms with Crippen LogP contribution in [0.2, 0.25) is 0 Å². The van der Waals surface area contributed by atoms with Crippen LogP contribution >= 0.6 is 0 Å². The normalized spacial score (nSPS) is 26.5. The van der Waals surface area contributed by atoms with Gasteiger partial charge in [-0.2, -0.15) is 0 Å². The summed E-state index contributed by atoms with van der Waals surface area (Å²) in [6.45, 7) is 4.27. The zero-order chi connectivity index (χ0) is 9.47. The van der Waals surface area contributed by atoms with Crippen molar-refractivity contribution in [2.75, 3.05) is 39.8 Å². The molecular weight excluding hydrogens is 166 g/mol. The van der Waals surface area contributed by atoms with E-state index in [1.807, 2.05) is 4.90 Å². The lowest BCUT2D eigenvalue weighted by molar-refractivity contribution is -0.129. The molecule has 0 unspecified atom stereocenters. The lowest BCUT2D eigenvalue weighted by atomic mass is 9.79. The van der Waals surface area contributed by atoms with Crippen LogP contribution in [-0.4, -0.2) is 55.5 Å². The van der Waals surface area contributed by atoms with Crippen LogP contribution in [0.4, 0.5) is 0 Å². The summed E-state index contributed by atoms with van der Waals surface area (Å²) in [5.41, 5.74) is 5.74. The number of carbonyl (C=O) groups is 1. The van der Waals surface area contributed by atoms with E-state index in [1.165, 1.54) is 0 Å². The fourth-order valence-corrected chi connectivity index (χ4v) is 2.63. The molecular formula is C9H17N3O. The van der Waals surface area contributed by atoms with E-state index in [0.717, 1.165) is 32.6 Å². The van der Waals surface area contributed by atoms with Gasteiger partial charge in [-0.1, -0.05) is 0 Å². The fourth-order valence-electron chi connectivity index (χ4n) is 2.63. The molecule has 2 N–H and O–H groups in total. The Hall–Kier alpha value is -0.610. The number of amides is 1. The third-order valence-corrected chi connectivity index (χ3v) is 3.18. The molecule has 0 bridgehead atoms. The highest BCUT2D eigenvalue weighted by Gasteiger charge is 2.46. The predicted molar refractivity (Wildman–Crippen MR) is 50.2 cm³/mol. The second kappa shape index (κ2) is 2.96. The van der Waals surface area contributed by atoms with E-state index in [2.05, 4.69) is 11.9 Å². The fraction of sp³-hybridized carbons (Fsp3) is 0.889.